The molecule has 0 saturated heterocycles. The number of nitrogens with one attached hydrogen (secondary N) is 2. The number of carbonyl (C=O) groups excluding carboxylic acids is 2. The standard InChI is InChI=1S/C22H26FN3O3/c23-18-6-1-4-15(12-18)20-9-8-17(14-25-20)22(29)26-19-7-2-5-16(13-19)21(28)24-10-3-11-27/h1,4,6,8-9,12,14,16,19,27H,2-3,5,7,10-11,13H2,(H,24,28)(H,26,29). The molecule has 29 heavy (non-hydrogen) atoms. The Balaban J connectivity index is 1.56. The maximum atomic E-state index is 13.4. The van der Waals surface area contributed by atoms with Gasteiger partial charge in [0.05, 0.1) is 11.3 Å². The molecule has 0 radical (unpaired) electrons. The molecule has 2 amide bonds. The predicted molar refractivity (Wildman–Crippen MR) is 108 cm³/mol. The molecular formula is C22H26FN3O3. The summed E-state index contributed by atoms with van der Waals surface area (Å²) in [7, 11) is 0. The van der Waals surface area contributed by atoms with Gasteiger partial charge in [0, 0.05) is 36.9 Å². The van der Waals surface area contributed by atoms with Crippen LogP contribution in [0.5, 0.6) is 0 Å². The summed E-state index contributed by atoms with van der Waals surface area (Å²) in [6.45, 7) is 0.516. The fourth-order valence-electron chi connectivity index (χ4n) is 3.61. The average Bonchev–Trinajstić information content (AvgIpc) is 2.74. The highest BCUT2D eigenvalue weighted by Gasteiger charge is 2.28. The molecule has 0 spiro atoms. The zero-order valence-corrected chi connectivity index (χ0v) is 16.2. The van der Waals surface area contributed by atoms with Gasteiger partial charge in [-0.25, -0.2) is 4.39 Å². The van der Waals surface area contributed by atoms with Crippen LogP contribution in [0.2, 0.25) is 0 Å². The molecule has 3 rings (SSSR count). The number of aliphatic hydroxyl groups excluding tert-OH is 1. The Labute approximate surface area is 169 Å². The molecule has 6 nitrogen and oxygen atoms in total. The SMILES string of the molecule is O=C(NC1CCCC(C(=O)NCCCO)C1)c1ccc(-c2cccc(F)c2)nc1. The second-order valence-corrected chi connectivity index (χ2v) is 7.34. The van der Waals surface area contributed by atoms with Crippen LogP contribution in [0.4, 0.5) is 4.39 Å². The lowest BCUT2D eigenvalue weighted by Gasteiger charge is -2.29. The smallest absolute Gasteiger partial charge is 0.253 e. The number of aliphatic hydroxyl groups is 1. The largest absolute Gasteiger partial charge is 0.396 e. The van der Waals surface area contributed by atoms with Gasteiger partial charge in [0.15, 0.2) is 0 Å². The van der Waals surface area contributed by atoms with Gasteiger partial charge < -0.3 is 15.7 Å². The lowest BCUT2D eigenvalue weighted by Crippen LogP contribution is -2.42. The van der Waals surface area contributed by atoms with Crippen molar-refractivity contribution in [3.05, 3.63) is 54.0 Å². The number of amides is 2. The van der Waals surface area contributed by atoms with Crippen molar-refractivity contribution < 1.29 is 19.1 Å². The molecule has 2 aromatic rings. The molecule has 7 heteroatoms. The highest BCUT2D eigenvalue weighted by atomic mass is 19.1. The van der Waals surface area contributed by atoms with Crippen molar-refractivity contribution in [1.29, 1.82) is 0 Å². The minimum absolute atomic E-state index is 0.0153. The van der Waals surface area contributed by atoms with E-state index in [4.69, 9.17) is 5.11 Å². The minimum Gasteiger partial charge on any atom is -0.396 e. The third kappa shape index (κ3) is 5.84. The summed E-state index contributed by atoms with van der Waals surface area (Å²) in [5.74, 6) is -0.701. The van der Waals surface area contributed by atoms with Crippen LogP contribution in [0.3, 0.4) is 0 Å². The molecule has 2 unspecified atom stereocenters. The van der Waals surface area contributed by atoms with Crippen molar-refractivity contribution in [2.45, 2.75) is 38.1 Å². The fourth-order valence-corrected chi connectivity index (χ4v) is 3.61. The zero-order chi connectivity index (χ0) is 20.6. The Hall–Kier alpha value is -2.80. The van der Waals surface area contributed by atoms with Crippen molar-refractivity contribution in [2.75, 3.05) is 13.2 Å². The summed E-state index contributed by atoms with van der Waals surface area (Å²) in [4.78, 5) is 29.1. The monoisotopic (exact) mass is 399 g/mol. The van der Waals surface area contributed by atoms with Crippen molar-refractivity contribution in [3.63, 3.8) is 0 Å². The third-order valence-corrected chi connectivity index (χ3v) is 5.16. The fraction of sp³-hybridized carbons (Fsp3) is 0.409. The van der Waals surface area contributed by atoms with Gasteiger partial charge in [0.25, 0.3) is 5.91 Å². The minimum atomic E-state index is -0.335. The quantitative estimate of drug-likeness (QED) is 0.625. The number of carbonyl (C=O) groups is 2. The van der Waals surface area contributed by atoms with Gasteiger partial charge in [-0.3, -0.25) is 14.6 Å². The highest BCUT2D eigenvalue weighted by molar-refractivity contribution is 5.94. The molecule has 1 aliphatic rings. The molecule has 154 valence electrons. The first-order valence-electron chi connectivity index (χ1n) is 9.98. The lowest BCUT2D eigenvalue weighted by atomic mass is 9.85. The first-order chi connectivity index (χ1) is 14.1. The molecule has 1 saturated carbocycles. The molecule has 0 aliphatic heterocycles. The maximum absolute atomic E-state index is 13.4. The molecule has 1 fully saturated rings. The van der Waals surface area contributed by atoms with Gasteiger partial charge in [-0.05, 0) is 49.9 Å². The highest BCUT2D eigenvalue weighted by Crippen LogP contribution is 2.25. The third-order valence-electron chi connectivity index (χ3n) is 5.16. The van der Waals surface area contributed by atoms with Gasteiger partial charge >= 0.3 is 0 Å². The van der Waals surface area contributed by atoms with Gasteiger partial charge in [-0.1, -0.05) is 18.6 Å². The number of pyridine rings is 1. The summed E-state index contributed by atoms with van der Waals surface area (Å²) in [6, 6.07) is 9.45. The van der Waals surface area contributed by atoms with E-state index < -0.39 is 0 Å². The van der Waals surface area contributed by atoms with E-state index in [2.05, 4.69) is 15.6 Å². The Bertz CT molecular complexity index is 841. The van der Waals surface area contributed by atoms with Gasteiger partial charge in [0.2, 0.25) is 5.91 Å². The topological polar surface area (TPSA) is 91.3 Å². The van der Waals surface area contributed by atoms with E-state index in [1.165, 1.54) is 18.3 Å². The molecule has 1 aliphatic carbocycles. The second kappa shape index (κ2) is 10.1. The van der Waals surface area contributed by atoms with Crippen molar-refractivity contribution in [2.24, 2.45) is 5.92 Å². The number of rotatable bonds is 7. The molecule has 0 bridgehead atoms. The van der Waals surface area contributed by atoms with E-state index in [-0.39, 0.29) is 36.2 Å². The van der Waals surface area contributed by atoms with Crippen LogP contribution >= 0.6 is 0 Å². The zero-order valence-electron chi connectivity index (χ0n) is 16.2. The molecule has 1 aromatic carbocycles. The Morgan fingerprint density at radius 3 is 2.79 bits per heavy atom. The van der Waals surface area contributed by atoms with E-state index in [1.807, 2.05) is 0 Å². The number of hydrogen-bond donors (Lipinski definition) is 3. The first kappa shape index (κ1) is 20.9. The molecule has 3 N–H and O–H groups in total. The van der Waals surface area contributed by atoms with Crippen LogP contribution in [0.25, 0.3) is 11.3 Å². The van der Waals surface area contributed by atoms with Gasteiger partial charge in [0.1, 0.15) is 5.82 Å². The van der Waals surface area contributed by atoms with Crippen molar-refractivity contribution >= 4 is 11.8 Å². The van der Waals surface area contributed by atoms with Crippen LogP contribution < -0.4 is 10.6 Å². The summed E-state index contributed by atoms with van der Waals surface area (Å²) >= 11 is 0. The Morgan fingerprint density at radius 2 is 2.07 bits per heavy atom. The van der Waals surface area contributed by atoms with E-state index in [1.54, 1.807) is 24.3 Å². The normalized spacial score (nSPS) is 18.8. The lowest BCUT2D eigenvalue weighted by molar-refractivity contribution is -0.126. The molecule has 1 aromatic heterocycles. The van der Waals surface area contributed by atoms with Crippen LogP contribution in [-0.2, 0) is 4.79 Å². The predicted octanol–water partition coefficient (Wildman–Crippen LogP) is 2.67. The van der Waals surface area contributed by atoms with Crippen LogP contribution in [0.15, 0.2) is 42.6 Å². The Kier molecular flexibility index (Phi) is 7.30. The molecule has 1 heterocycles. The van der Waals surface area contributed by atoms with Crippen molar-refractivity contribution in [1.82, 2.24) is 15.6 Å². The molecular weight excluding hydrogens is 373 g/mol. The number of aromatic nitrogens is 1. The number of hydrogen-bond acceptors (Lipinski definition) is 4. The number of nitrogens with zero attached hydrogens (tertiary/aromatic N) is 1. The average molecular weight is 399 g/mol. The van der Waals surface area contributed by atoms with E-state index in [0.29, 0.717) is 36.2 Å². The van der Waals surface area contributed by atoms with Gasteiger partial charge in [-0.15, -0.1) is 0 Å². The summed E-state index contributed by atoms with van der Waals surface area (Å²) in [5, 5.41) is 14.6. The van der Waals surface area contributed by atoms with Crippen molar-refractivity contribution in [3.8, 4) is 11.3 Å². The number of halogens is 1. The van der Waals surface area contributed by atoms with Gasteiger partial charge in [-0.2, -0.15) is 0 Å². The Morgan fingerprint density at radius 1 is 1.21 bits per heavy atom. The van der Waals surface area contributed by atoms with E-state index in [9.17, 15) is 14.0 Å². The van der Waals surface area contributed by atoms with Crippen LogP contribution in [0, 0.1) is 11.7 Å². The summed E-state index contributed by atoms with van der Waals surface area (Å²) in [5.41, 5.74) is 1.68. The number of benzene rings is 1. The molecule has 2 atom stereocenters. The van der Waals surface area contributed by atoms with Crippen LogP contribution in [-0.4, -0.2) is 41.1 Å². The van der Waals surface area contributed by atoms with E-state index in [0.717, 1.165) is 19.3 Å². The summed E-state index contributed by atoms with van der Waals surface area (Å²) < 4.78 is 13.4. The van der Waals surface area contributed by atoms with E-state index >= 15 is 0 Å². The first-order valence-corrected chi connectivity index (χ1v) is 9.98. The van der Waals surface area contributed by atoms with Crippen LogP contribution in [0.1, 0.15) is 42.5 Å². The second-order valence-electron chi connectivity index (χ2n) is 7.34. The summed E-state index contributed by atoms with van der Waals surface area (Å²) in [6.07, 6.45) is 5.14. The maximum Gasteiger partial charge on any atom is 0.253 e.